The molecule has 1 amide bonds. The van der Waals surface area contributed by atoms with E-state index in [2.05, 4.69) is 4.98 Å². The van der Waals surface area contributed by atoms with E-state index in [1.54, 1.807) is 6.07 Å². The van der Waals surface area contributed by atoms with Crippen LogP contribution in [0.25, 0.3) is 0 Å². The first-order chi connectivity index (χ1) is 13.3. The number of nitrogens with zero attached hydrogens (tertiary/aromatic N) is 2. The largest absolute Gasteiger partial charge is 0.416 e. The van der Waals surface area contributed by atoms with E-state index in [9.17, 15) is 18.0 Å². The third-order valence-corrected chi connectivity index (χ3v) is 5.19. The van der Waals surface area contributed by atoms with Gasteiger partial charge in [-0.15, -0.1) is 0 Å². The molecule has 1 aliphatic heterocycles. The highest BCUT2D eigenvalue weighted by molar-refractivity contribution is 5.76. The highest BCUT2D eigenvalue weighted by Gasteiger charge is 2.30. The number of rotatable bonds is 4. The minimum Gasteiger partial charge on any atom is -0.342 e. The van der Waals surface area contributed by atoms with Gasteiger partial charge >= 0.3 is 6.18 Å². The van der Waals surface area contributed by atoms with Crippen LogP contribution in [0.1, 0.15) is 60.2 Å². The summed E-state index contributed by atoms with van der Waals surface area (Å²) in [4.78, 5) is 18.6. The standard InChI is InChI=1S/C22H25F3N2O/c1-3-21(28)27-9-5-7-18(14-27)20-13-17(10-15(2)26-20)11-16-6-4-8-19(12-16)22(23,24)25/h4,6,8,10,12-13,18H,3,5,7,9,11,14H2,1-2H3. The summed E-state index contributed by atoms with van der Waals surface area (Å²) in [5.74, 6) is 0.325. The van der Waals surface area contributed by atoms with E-state index in [-0.39, 0.29) is 11.8 Å². The minimum absolute atomic E-state index is 0.154. The number of pyridine rings is 1. The fraction of sp³-hybridized carbons (Fsp3) is 0.455. The van der Waals surface area contributed by atoms with Crippen LogP contribution in [-0.4, -0.2) is 28.9 Å². The average Bonchev–Trinajstić information content (AvgIpc) is 2.66. The molecule has 3 rings (SSSR count). The van der Waals surface area contributed by atoms with Gasteiger partial charge in [-0.2, -0.15) is 13.2 Å². The molecule has 1 unspecified atom stereocenters. The van der Waals surface area contributed by atoms with E-state index < -0.39 is 11.7 Å². The third-order valence-electron chi connectivity index (χ3n) is 5.19. The van der Waals surface area contributed by atoms with Crippen LogP contribution in [0.5, 0.6) is 0 Å². The van der Waals surface area contributed by atoms with Crippen LogP contribution in [0.4, 0.5) is 13.2 Å². The number of carbonyl (C=O) groups excluding carboxylic acids is 1. The van der Waals surface area contributed by atoms with Gasteiger partial charge in [0, 0.05) is 36.8 Å². The molecule has 0 bridgehead atoms. The molecule has 0 spiro atoms. The van der Waals surface area contributed by atoms with Crippen molar-refractivity contribution >= 4 is 5.91 Å². The summed E-state index contributed by atoms with van der Waals surface area (Å²) in [6, 6.07) is 9.36. The Bertz CT molecular complexity index is 848. The first-order valence-electron chi connectivity index (χ1n) is 9.67. The first-order valence-corrected chi connectivity index (χ1v) is 9.67. The zero-order chi connectivity index (χ0) is 20.3. The van der Waals surface area contributed by atoms with Gasteiger partial charge < -0.3 is 4.90 Å². The lowest BCUT2D eigenvalue weighted by atomic mass is 9.92. The SMILES string of the molecule is CCC(=O)N1CCCC(c2cc(Cc3cccc(C(F)(F)F)c3)cc(C)n2)C1. The minimum atomic E-state index is -4.34. The van der Waals surface area contributed by atoms with Crippen molar-refractivity contribution in [2.24, 2.45) is 0 Å². The van der Waals surface area contributed by atoms with E-state index in [1.807, 2.05) is 30.9 Å². The Balaban J connectivity index is 1.81. The number of piperidine rings is 1. The number of hydrogen-bond acceptors (Lipinski definition) is 2. The number of halogens is 3. The van der Waals surface area contributed by atoms with Crippen molar-refractivity contribution in [3.63, 3.8) is 0 Å². The average molecular weight is 390 g/mol. The second-order valence-corrected chi connectivity index (χ2v) is 7.45. The van der Waals surface area contributed by atoms with Gasteiger partial charge in [0.15, 0.2) is 0 Å². The Morgan fingerprint density at radius 2 is 2.00 bits per heavy atom. The zero-order valence-electron chi connectivity index (χ0n) is 16.2. The highest BCUT2D eigenvalue weighted by atomic mass is 19.4. The van der Waals surface area contributed by atoms with Crippen molar-refractivity contribution in [2.75, 3.05) is 13.1 Å². The van der Waals surface area contributed by atoms with Gasteiger partial charge in [0.2, 0.25) is 5.91 Å². The van der Waals surface area contributed by atoms with E-state index in [1.165, 1.54) is 12.1 Å². The second kappa shape index (κ2) is 8.33. The smallest absolute Gasteiger partial charge is 0.342 e. The van der Waals surface area contributed by atoms with E-state index >= 15 is 0 Å². The summed E-state index contributed by atoms with van der Waals surface area (Å²) in [6.45, 7) is 5.21. The summed E-state index contributed by atoms with van der Waals surface area (Å²) in [6.07, 6.45) is -1.52. The number of hydrogen-bond donors (Lipinski definition) is 0. The molecular weight excluding hydrogens is 365 g/mol. The van der Waals surface area contributed by atoms with Crippen LogP contribution in [0, 0.1) is 6.92 Å². The Morgan fingerprint density at radius 3 is 2.71 bits per heavy atom. The lowest BCUT2D eigenvalue weighted by molar-refractivity contribution is -0.137. The van der Waals surface area contributed by atoms with Gasteiger partial charge in [-0.3, -0.25) is 9.78 Å². The van der Waals surface area contributed by atoms with Crippen LogP contribution >= 0.6 is 0 Å². The molecule has 1 fully saturated rings. The third kappa shape index (κ3) is 4.91. The highest BCUT2D eigenvalue weighted by Crippen LogP contribution is 2.31. The maximum absolute atomic E-state index is 13.0. The van der Waals surface area contributed by atoms with E-state index in [0.29, 0.717) is 24.9 Å². The molecule has 0 N–H and O–H groups in total. The number of carbonyl (C=O) groups is 1. The number of likely N-dealkylation sites (tertiary alicyclic amines) is 1. The zero-order valence-corrected chi connectivity index (χ0v) is 16.2. The number of alkyl halides is 3. The molecule has 1 aromatic heterocycles. The summed E-state index contributed by atoms with van der Waals surface area (Å²) in [5.41, 5.74) is 2.71. The van der Waals surface area contributed by atoms with Crippen molar-refractivity contribution < 1.29 is 18.0 Å². The molecule has 1 saturated heterocycles. The fourth-order valence-electron chi connectivity index (χ4n) is 3.84. The molecule has 3 nitrogen and oxygen atoms in total. The topological polar surface area (TPSA) is 33.2 Å². The predicted octanol–water partition coefficient (Wildman–Crippen LogP) is 5.12. The van der Waals surface area contributed by atoms with E-state index in [0.717, 1.165) is 42.4 Å². The monoisotopic (exact) mass is 390 g/mol. The van der Waals surface area contributed by atoms with Crippen LogP contribution < -0.4 is 0 Å². The summed E-state index contributed by atoms with van der Waals surface area (Å²) in [5, 5.41) is 0. The molecule has 150 valence electrons. The summed E-state index contributed by atoms with van der Waals surface area (Å²) < 4.78 is 38.9. The van der Waals surface area contributed by atoms with Crippen molar-refractivity contribution in [1.29, 1.82) is 0 Å². The maximum Gasteiger partial charge on any atom is 0.416 e. The van der Waals surface area contributed by atoms with Crippen LogP contribution in [0.3, 0.4) is 0 Å². The Morgan fingerprint density at radius 1 is 1.21 bits per heavy atom. The molecule has 2 heterocycles. The van der Waals surface area contributed by atoms with Crippen molar-refractivity contribution in [3.05, 3.63) is 64.5 Å². The number of amides is 1. The van der Waals surface area contributed by atoms with E-state index in [4.69, 9.17) is 0 Å². The van der Waals surface area contributed by atoms with Crippen molar-refractivity contribution in [1.82, 2.24) is 9.88 Å². The van der Waals surface area contributed by atoms with Gasteiger partial charge in [-0.1, -0.05) is 25.1 Å². The van der Waals surface area contributed by atoms with Gasteiger partial charge in [0.25, 0.3) is 0 Å². The number of aryl methyl sites for hydroxylation is 1. The molecule has 1 atom stereocenters. The maximum atomic E-state index is 13.0. The Hall–Kier alpha value is -2.37. The van der Waals surface area contributed by atoms with Gasteiger partial charge in [-0.25, -0.2) is 0 Å². The van der Waals surface area contributed by atoms with Crippen LogP contribution in [-0.2, 0) is 17.4 Å². The molecule has 28 heavy (non-hydrogen) atoms. The lowest BCUT2D eigenvalue weighted by Gasteiger charge is -2.32. The molecule has 6 heteroatoms. The Labute approximate surface area is 163 Å². The molecule has 0 saturated carbocycles. The normalized spacial score (nSPS) is 17.6. The molecule has 1 aromatic carbocycles. The molecule has 2 aromatic rings. The molecule has 1 aliphatic rings. The molecular formula is C22H25F3N2O. The predicted molar refractivity (Wildman–Crippen MR) is 102 cm³/mol. The summed E-state index contributed by atoms with van der Waals surface area (Å²) >= 11 is 0. The van der Waals surface area contributed by atoms with Crippen molar-refractivity contribution in [2.45, 2.75) is 51.6 Å². The number of benzene rings is 1. The second-order valence-electron chi connectivity index (χ2n) is 7.45. The quantitative estimate of drug-likeness (QED) is 0.726. The number of aromatic nitrogens is 1. The van der Waals surface area contributed by atoms with Crippen molar-refractivity contribution in [3.8, 4) is 0 Å². The summed E-state index contributed by atoms with van der Waals surface area (Å²) in [7, 11) is 0. The van der Waals surface area contributed by atoms with Gasteiger partial charge in [0.1, 0.15) is 0 Å². The Kier molecular flexibility index (Phi) is 6.06. The first kappa shape index (κ1) is 20.4. The molecule has 0 aliphatic carbocycles. The molecule has 0 radical (unpaired) electrons. The van der Waals surface area contributed by atoms with Gasteiger partial charge in [-0.05, 0) is 55.5 Å². The van der Waals surface area contributed by atoms with Gasteiger partial charge in [0.05, 0.1) is 5.56 Å². The van der Waals surface area contributed by atoms with Crippen LogP contribution in [0.15, 0.2) is 36.4 Å². The lowest BCUT2D eigenvalue weighted by Crippen LogP contribution is -2.38. The fourth-order valence-corrected chi connectivity index (χ4v) is 3.84. The van der Waals surface area contributed by atoms with Crippen LogP contribution in [0.2, 0.25) is 0 Å².